The third-order valence-electron chi connectivity index (χ3n) is 3.35. The maximum Gasteiger partial charge on any atom is 0.229 e. The fourth-order valence-corrected chi connectivity index (χ4v) is 2.42. The Hall–Kier alpha value is -1.26. The van der Waals surface area contributed by atoms with Crippen molar-refractivity contribution < 1.29 is 9.53 Å². The van der Waals surface area contributed by atoms with Gasteiger partial charge in [-0.05, 0) is 37.2 Å². The molecule has 2 rings (SSSR count). The van der Waals surface area contributed by atoms with Crippen molar-refractivity contribution in [2.24, 2.45) is 5.92 Å². The van der Waals surface area contributed by atoms with E-state index in [2.05, 4.69) is 5.32 Å². The van der Waals surface area contributed by atoms with Crippen molar-refractivity contribution in [3.63, 3.8) is 0 Å². The molecule has 0 radical (unpaired) electrons. The summed E-state index contributed by atoms with van der Waals surface area (Å²) in [4.78, 5) is 14.0. The van der Waals surface area contributed by atoms with E-state index in [9.17, 15) is 4.79 Å². The normalized spacial score (nSPS) is 17.5. The van der Waals surface area contributed by atoms with Crippen LogP contribution in [0.3, 0.4) is 0 Å². The van der Waals surface area contributed by atoms with Crippen LogP contribution in [0.4, 0.5) is 0 Å². The minimum Gasteiger partial charge on any atom is -0.492 e. The average Bonchev–Trinajstić information content (AvgIpc) is 2.43. The van der Waals surface area contributed by atoms with Crippen molar-refractivity contribution >= 4 is 17.5 Å². The number of hydrogen-bond acceptors (Lipinski definition) is 3. The van der Waals surface area contributed by atoms with Gasteiger partial charge in [0.15, 0.2) is 0 Å². The number of carbonyl (C=O) groups is 1. The van der Waals surface area contributed by atoms with Gasteiger partial charge in [0.05, 0.1) is 5.92 Å². The number of rotatable bonds is 4. The SMILES string of the molecule is CNCCN(C)C(=O)C1COc2ccc(Cl)cc2C1. The number of nitrogens with zero attached hydrogens (tertiary/aromatic N) is 1. The third-order valence-corrected chi connectivity index (χ3v) is 3.59. The van der Waals surface area contributed by atoms with Gasteiger partial charge in [0, 0.05) is 25.2 Å². The lowest BCUT2D eigenvalue weighted by molar-refractivity contribution is -0.135. The van der Waals surface area contributed by atoms with Crippen LogP contribution >= 0.6 is 11.6 Å². The van der Waals surface area contributed by atoms with Crippen molar-refractivity contribution in [1.82, 2.24) is 10.2 Å². The van der Waals surface area contributed by atoms with E-state index >= 15 is 0 Å². The summed E-state index contributed by atoms with van der Waals surface area (Å²) in [5, 5.41) is 3.72. The second kappa shape index (κ2) is 6.26. The minimum absolute atomic E-state index is 0.118. The second-order valence-corrected chi connectivity index (χ2v) is 5.26. The van der Waals surface area contributed by atoms with Gasteiger partial charge >= 0.3 is 0 Å². The number of halogens is 1. The third kappa shape index (κ3) is 3.39. The predicted octanol–water partition coefficient (Wildman–Crippen LogP) is 1.57. The first-order valence-electron chi connectivity index (χ1n) is 6.42. The fraction of sp³-hybridized carbons (Fsp3) is 0.500. The van der Waals surface area contributed by atoms with Gasteiger partial charge in [-0.1, -0.05) is 11.6 Å². The number of ether oxygens (including phenoxy) is 1. The summed E-state index contributed by atoms with van der Waals surface area (Å²) in [5.41, 5.74) is 1.01. The summed E-state index contributed by atoms with van der Waals surface area (Å²) in [7, 11) is 3.70. The molecule has 1 aromatic carbocycles. The summed E-state index contributed by atoms with van der Waals surface area (Å²) >= 11 is 5.98. The van der Waals surface area contributed by atoms with E-state index in [1.165, 1.54) is 0 Å². The Labute approximate surface area is 118 Å². The highest BCUT2D eigenvalue weighted by molar-refractivity contribution is 6.30. The molecule has 0 saturated heterocycles. The van der Waals surface area contributed by atoms with Crippen molar-refractivity contribution in [2.75, 3.05) is 33.8 Å². The number of nitrogens with one attached hydrogen (secondary N) is 1. The first kappa shape index (κ1) is 14.2. The van der Waals surface area contributed by atoms with E-state index in [0.717, 1.165) is 17.9 Å². The molecule has 5 heteroatoms. The van der Waals surface area contributed by atoms with Crippen LogP contribution in [0.1, 0.15) is 5.56 Å². The predicted molar refractivity (Wildman–Crippen MR) is 75.7 cm³/mol. The van der Waals surface area contributed by atoms with Crippen molar-refractivity contribution in [3.05, 3.63) is 28.8 Å². The quantitative estimate of drug-likeness (QED) is 0.911. The summed E-state index contributed by atoms with van der Waals surface area (Å²) in [6, 6.07) is 5.55. The maximum absolute atomic E-state index is 12.3. The topological polar surface area (TPSA) is 41.6 Å². The van der Waals surface area contributed by atoms with Gasteiger partial charge in [0.25, 0.3) is 0 Å². The van der Waals surface area contributed by atoms with Gasteiger partial charge in [0.1, 0.15) is 12.4 Å². The molecule has 1 aliphatic heterocycles. The van der Waals surface area contributed by atoms with E-state index in [1.807, 2.05) is 32.3 Å². The number of benzene rings is 1. The molecule has 0 saturated carbocycles. The van der Waals surface area contributed by atoms with Crippen LogP contribution in [-0.2, 0) is 11.2 Å². The lowest BCUT2D eigenvalue weighted by Crippen LogP contribution is -2.41. The summed E-state index contributed by atoms with van der Waals surface area (Å²) in [6.45, 7) is 1.93. The molecule has 0 aromatic heterocycles. The summed E-state index contributed by atoms with van der Waals surface area (Å²) in [5.74, 6) is 0.847. The lowest BCUT2D eigenvalue weighted by Gasteiger charge is -2.28. The van der Waals surface area contributed by atoms with E-state index in [-0.39, 0.29) is 11.8 Å². The number of hydrogen-bond donors (Lipinski definition) is 1. The molecular formula is C14H19ClN2O2. The standard InChI is InChI=1S/C14H19ClN2O2/c1-16-5-6-17(2)14(18)11-7-10-8-12(15)3-4-13(10)19-9-11/h3-4,8,11,16H,5-7,9H2,1-2H3. The molecule has 1 amide bonds. The van der Waals surface area contributed by atoms with Crippen LogP contribution in [0.5, 0.6) is 5.75 Å². The van der Waals surface area contributed by atoms with Crippen LogP contribution < -0.4 is 10.1 Å². The molecule has 1 atom stereocenters. The van der Waals surface area contributed by atoms with E-state index < -0.39 is 0 Å². The molecule has 0 spiro atoms. The Morgan fingerprint density at radius 3 is 3.11 bits per heavy atom. The first-order valence-corrected chi connectivity index (χ1v) is 6.80. The molecule has 1 aromatic rings. The molecule has 0 bridgehead atoms. The van der Waals surface area contributed by atoms with Gasteiger partial charge in [0.2, 0.25) is 5.91 Å². The first-order chi connectivity index (χ1) is 9.11. The van der Waals surface area contributed by atoms with Crippen LogP contribution in [0.25, 0.3) is 0 Å². The van der Waals surface area contributed by atoms with Crippen LogP contribution in [0.2, 0.25) is 5.02 Å². The number of carbonyl (C=O) groups excluding carboxylic acids is 1. The van der Waals surface area contributed by atoms with Gasteiger partial charge in [-0.15, -0.1) is 0 Å². The number of fused-ring (bicyclic) bond motifs is 1. The average molecular weight is 283 g/mol. The Kier molecular flexibility index (Phi) is 4.66. The van der Waals surface area contributed by atoms with Crippen LogP contribution in [0, 0.1) is 5.92 Å². The zero-order valence-electron chi connectivity index (χ0n) is 11.3. The van der Waals surface area contributed by atoms with Gasteiger partial charge < -0.3 is 15.0 Å². The molecule has 1 N–H and O–H groups in total. The summed E-state index contributed by atoms with van der Waals surface area (Å²) in [6.07, 6.45) is 0.693. The Morgan fingerprint density at radius 2 is 2.37 bits per heavy atom. The molecule has 1 heterocycles. The highest BCUT2D eigenvalue weighted by Gasteiger charge is 2.28. The van der Waals surface area contributed by atoms with Crippen LogP contribution in [0.15, 0.2) is 18.2 Å². The second-order valence-electron chi connectivity index (χ2n) is 4.83. The van der Waals surface area contributed by atoms with Crippen molar-refractivity contribution in [1.29, 1.82) is 0 Å². The monoisotopic (exact) mass is 282 g/mol. The molecule has 1 unspecified atom stereocenters. The molecule has 0 fully saturated rings. The van der Waals surface area contributed by atoms with Gasteiger partial charge in [-0.2, -0.15) is 0 Å². The Balaban J connectivity index is 2.02. The fourth-order valence-electron chi connectivity index (χ4n) is 2.22. The molecule has 104 valence electrons. The molecule has 4 nitrogen and oxygen atoms in total. The van der Waals surface area contributed by atoms with Crippen molar-refractivity contribution in [2.45, 2.75) is 6.42 Å². The zero-order valence-corrected chi connectivity index (χ0v) is 12.0. The summed E-state index contributed by atoms with van der Waals surface area (Å²) < 4.78 is 5.65. The van der Waals surface area contributed by atoms with E-state index in [0.29, 0.717) is 24.6 Å². The van der Waals surface area contributed by atoms with Gasteiger partial charge in [-0.3, -0.25) is 4.79 Å². The Morgan fingerprint density at radius 1 is 1.58 bits per heavy atom. The Bertz CT molecular complexity index is 465. The minimum atomic E-state index is -0.118. The molecule has 19 heavy (non-hydrogen) atoms. The van der Waals surface area contributed by atoms with Gasteiger partial charge in [-0.25, -0.2) is 0 Å². The van der Waals surface area contributed by atoms with E-state index in [4.69, 9.17) is 16.3 Å². The molecular weight excluding hydrogens is 264 g/mol. The number of amides is 1. The lowest BCUT2D eigenvalue weighted by atomic mass is 9.95. The highest BCUT2D eigenvalue weighted by atomic mass is 35.5. The molecule has 0 aliphatic carbocycles. The smallest absolute Gasteiger partial charge is 0.229 e. The van der Waals surface area contributed by atoms with Crippen molar-refractivity contribution in [3.8, 4) is 5.75 Å². The largest absolute Gasteiger partial charge is 0.492 e. The highest BCUT2D eigenvalue weighted by Crippen LogP contribution is 2.30. The maximum atomic E-state index is 12.3. The van der Waals surface area contributed by atoms with E-state index in [1.54, 1.807) is 4.90 Å². The number of likely N-dealkylation sites (N-methyl/N-ethyl adjacent to an activating group) is 2. The van der Waals surface area contributed by atoms with Crippen LogP contribution in [-0.4, -0.2) is 44.6 Å². The zero-order chi connectivity index (χ0) is 13.8. The molecule has 1 aliphatic rings.